The Hall–Kier alpha value is -1.44. The third kappa shape index (κ3) is 3.81. The molecule has 0 amide bonds. The molecule has 1 aromatic carbocycles. The minimum absolute atomic E-state index is 0.118. The number of benzene rings is 1. The van der Waals surface area contributed by atoms with Gasteiger partial charge >= 0.3 is 0 Å². The van der Waals surface area contributed by atoms with Crippen LogP contribution in [0.25, 0.3) is 0 Å². The lowest BCUT2D eigenvalue weighted by atomic mass is 10.1. The van der Waals surface area contributed by atoms with Crippen LogP contribution >= 0.6 is 15.9 Å². The zero-order valence-corrected chi connectivity index (χ0v) is 14.1. The lowest BCUT2D eigenvalue weighted by Gasteiger charge is -2.12. The van der Waals surface area contributed by atoms with Gasteiger partial charge in [0.1, 0.15) is 10.7 Å². The first-order valence-corrected chi connectivity index (χ1v) is 8.59. The molecule has 0 bridgehead atoms. The van der Waals surface area contributed by atoms with Gasteiger partial charge in [-0.2, -0.15) is 0 Å². The zero-order valence-electron chi connectivity index (χ0n) is 11.7. The lowest BCUT2D eigenvalue weighted by molar-refractivity contribution is 0.581. The van der Waals surface area contributed by atoms with Gasteiger partial charge in [0.05, 0.1) is 0 Å². The Morgan fingerprint density at radius 3 is 2.67 bits per heavy atom. The second-order valence-electron chi connectivity index (χ2n) is 4.50. The number of hydrogen-bond acceptors (Lipinski definition) is 4. The van der Waals surface area contributed by atoms with Crippen molar-refractivity contribution in [2.24, 2.45) is 0 Å². The van der Waals surface area contributed by atoms with Gasteiger partial charge in [-0.15, -0.1) is 0 Å². The van der Waals surface area contributed by atoms with Crippen LogP contribution in [0.4, 0.5) is 5.82 Å². The van der Waals surface area contributed by atoms with Crippen LogP contribution in [-0.2, 0) is 16.6 Å². The zero-order chi connectivity index (χ0) is 15.5. The molecule has 0 fully saturated rings. The van der Waals surface area contributed by atoms with E-state index in [9.17, 15) is 8.42 Å². The minimum Gasteiger partial charge on any atom is -0.372 e. The van der Waals surface area contributed by atoms with Crippen molar-refractivity contribution >= 4 is 31.8 Å². The minimum atomic E-state index is -3.65. The molecule has 2 aromatic rings. The maximum absolute atomic E-state index is 12.4. The first kappa shape index (κ1) is 15.9. The molecule has 21 heavy (non-hydrogen) atoms. The van der Waals surface area contributed by atoms with Gasteiger partial charge in [0, 0.05) is 24.3 Å². The molecule has 2 N–H and O–H groups in total. The predicted octanol–water partition coefficient (Wildman–Crippen LogP) is 2.67. The van der Waals surface area contributed by atoms with Crippen molar-refractivity contribution in [1.82, 2.24) is 9.71 Å². The molecule has 0 saturated heterocycles. The maximum Gasteiger partial charge on any atom is 0.244 e. The summed E-state index contributed by atoms with van der Waals surface area (Å²) in [5.41, 5.74) is 1.98. The second-order valence-corrected chi connectivity index (χ2v) is 7.15. The molecule has 0 radical (unpaired) electrons. The van der Waals surface area contributed by atoms with Crippen LogP contribution in [0.15, 0.2) is 45.9 Å². The second kappa shape index (κ2) is 6.55. The molecule has 1 aromatic heterocycles. The van der Waals surface area contributed by atoms with Crippen LogP contribution in [-0.4, -0.2) is 20.4 Å². The number of aryl methyl sites for hydroxylation is 1. The van der Waals surface area contributed by atoms with Crippen molar-refractivity contribution in [1.29, 1.82) is 0 Å². The van der Waals surface area contributed by atoms with Crippen LogP contribution < -0.4 is 10.0 Å². The number of rotatable bonds is 5. The van der Waals surface area contributed by atoms with E-state index in [2.05, 4.69) is 31.0 Å². The number of hydrogen-bond donors (Lipinski definition) is 2. The van der Waals surface area contributed by atoms with Gasteiger partial charge in [-0.1, -0.05) is 24.3 Å². The largest absolute Gasteiger partial charge is 0.372 e. The first-order valence-electron chi connectivity index (χ1n) is 6.31. The van der Waals surface area contributed by atoms with Gasteiger partial charge in [0.25, 0.3) is 0 Å². The maximum atomic E-state index is 12.4. The molecule has 0 spiro atoms. The van der Waals surface area contributed by atoms with E-state index in [1.54, 1.807) is 13.2 Å². The monoisotopic (exact) mass is 369 g/mol. The number of nitrogens with zero attached hydrogens (tertiary/aromatic N) is 1. The van der Waals surface area contributed by atoms with Crippen LogP contribution in [0.3, 0.4) is 0 Å². The summed E-state index contributed by atoms with van der Waals surface area (Å²) in [5.74, 6) is 0.315. The average Bonchev–Trinajstić information content (AvgIpc) is 2.46. The first-order chi connectivity index (χ1) is 9.94. The van der Waals surface area contributed by atoms with Crippen LogP contribution in [0, 0.1) is 6.92 Å². The molecule has 0 aliphatic rings. The number of pyridine rings is 1. The summed E-state index contributed by atoms with van der Waals surface area (Å²) in [7, 11) is -2.01. The summed E-state index contributed by atoms with van der Waals surface area (Å²) in [6, 6.07) is 9.18. The highest BCUT2D eigenvalue weighted by Gasteiger charge is 2.19. The van der Waals surface area contributed by atoms with E-state index in [1.165, 1.54) is 6.07 Å². The molecule has 2 rings (SSSR count). The Bertz CT molecular complexity index is 748. The molecule has 0 aliphatic carbocycles. The fourth-order valence-corrected chi connectivity index (χ4v) is 3.55. The molecule has 7 heteroatoms. The summed E-state index contributed by atoms with van der Waals surface area (Å²) < 4.78 is 28.1. The number of sulfonamides is 1. The van der Waals surface area contributed by atoms with Crippen molar-refractivity contribution < 1.29 is 8.42 Å². The summed E-state index contributed by atoms with van der Waals surface area (Å²) in [4.78, 5) is 4.18. The summed E-state index contributed by atoms with van der Waals surface area (Å²) in [6.07, 6.45) is 1.55. The molecule has 0 unspecified atom stereocenters. The quantitative estimate of drug-likeness (QED) is 0.849. The Balaban J connectivity index is 2.27. The SMILES string of the molecule is CNc1ncc(Br)cc1S(=O)(=O)NCc1ccccc1C. The molecular weight excluding hydrogens is 354 g/mol. The Kier molecular flexibility index (Phi) is 4.97. The molecule has 0 saturated carbocycles. The third-order valence-electron chi connectivity index (χ3n) is 3.06. The van der Waals surface area contributed by atoms with Gasteiger partial charge in [0.15, 0.2) is 0 Å². The molecule has 0 atom stereocenters. The van der Waals surface area contributed by atoms with Crippen molar-refractivity contribution in [2.45, 2.75) is 18.4 Å². The Morgan fingerprint density at radius 1 is 1.29 bits per heavy atom. The van der Waals surface area contributed by atoms with Crippen molar-refractivity contribution in [3.05, 3.63) is 52.1 Å². The number of aromatic nitrogens is 1. The highest BCUT2D eigenvalue weighted by Crippen LogP contribution is 2.22. The molecule has 112 valence electrons. The summed E-state index contributed by atoms with van der Waals surface area (Å²) in [5, 5.41) is 2.79. The number of nitrogens with one attached hydrogen (secondary N) is 2. The van der Waals surface area contributed by atoms with Crippen molar-refractivity contribution in [2.75, 3.05) is 12.4 Å². The number of halogens is 1. The Labute approximate surface area is 133 Å². The normalized spacial score (nSPS) is 11.4. The van der Waals surface area contributed by atoms with Crippen LogP contribution in [0.1, 0.15) is 11.1 Å². The van der Waals surface area contributed by atoms with E-state index in [0.29, 0.717) is 10.3 Å². The van der Waals surface area contributed by atoms with Gasteiger partial charge < -0.3 is 5.32 Å². The third-order valence-corrected chi connectivity index (χ3v) is 4.91. The van der Waals surface area contributed by atoms with E-state index >= 15 is 0 Å². The van der Waals surface area contributed by atoms with Crippen molar-refractivity contribution in [3.8, 4) is 0 Å². The van der Waals surface area contributed by atoms with Crippen LogP contribution in [0.5, 0.6) is 0 Å². The van der Waals surface area contributed by atoms with E-state index in [-0.39, 0.29) is 11.4 Å². The highest BCUT2D eigenvalue weighted by atomic mass is 79.9. The summed E-state index contributed by atoms with van der Waals surface area (Å²) >= 11 is 3.24. The number of anilines is 1. The topological polar surface area (TPSA) is 71.1 Å². The van der Waals surface area contributed by atoms with Gasteiger partial charge in [-0.05, 0) is 40.0 Å². The molecule has 5 nitrogen and oxygen atoms in total. The van der Waals surface area contributed by atoms with E-state index in [0.717, 1.165) is 11.1 Å². The summed E-state index contributed by atoms with van der Waals surface area (Å²) in [6.45, 7) is 2.19. The molecule has 0 aliphatic heterocycles. The smallest absolute Gasteiger partial charge is 0.244 e. The fourth-order valence-electron chi connectivity index (χ4n) is 1.87. The van der Waals surface area contributed by atoms with E-state index in [4.69, 9.17) is 0 Å². The molecule has 1 heterocycles. The van der Waals surface area contributed by atoms with Crippen molar-refractivity contribution in [3.63, 3.8) is 0 Å². The standard InChI is InChI=1S/C14H16BrN3O2S/c1-10-5-3-4-6-11(10)8-18-21(19,20)13-7-12(15)9-17-14(13)16-2/h3-7,9,18H,8H2,1-2H3,(H,16,17). The van der Waals surface area contributed by atoms with Gasteiger partial charge in [-0.25, -0.2) is 18.1 Å². The van der Waals surface area contributed by atoms with Crippen LogP contribution in [0.2, 0.25) is 0 Å². The van der Waals surface area contributed by atoms with E-state index < -0.39 is 10.0 Å². The van der Waals surface area contributed by atoms with Gasteiger partial charge in [-0.3, -0.25) is 0 Å². The predicted molar refractivity (Wildman–Crippen MR) is 86.7 cm³/mol. The lowest BCUT2D eigenvalue weighted by Crippen LogP contribution is -2.24. The average molecular weight is 370 g/mol. The van der Waals surface area contributed by atoms with E-state index in [1.807, 2.05) is 31.2 Å². The highest BCUT2D eigenvalue weighted by molar-refractivity contribution is 9.10. The molecular formula is C14H16BrN3O2S. The Morgan fingerprint density at radius 2 is 2.00 bits per heavy atom. The van der Waals surface area contributed by atoms with Gasteiger partial charge in [0.2, 0.25) is 10.0 Å². The fraction of sp³-hybridized carbons (Fsp3) is 0.214.